The SMILES string of the molecule is COC(=O)NC1CCCO1. The van der Waals surface area contributed by atoms with Gasteiger partial charge < -0.3 is 9.47 Å². The minimum absolute atomic E-state index is 0.132. The van der Waals surface area contributed by atoms with Gasteiger partial charge in [-0.15, -0.1) is 0 Å². The van der Waals surface area contributed by atoms with Gasteiger partial charge in [0.15, 0.2) is 0 Å². The van der Waals surface area contributed by atoms with Gasteiger partial charge in [0.25, 0.3) is 0 Å². The van der Waals surface area contributed by atoms with Crippen LogP contribution < -0.4 is 5.32 Å². The molecule has 1 aliphatic heterocycles. The molecule has 1 N–H and O–H groups in total. The molecule has 1 saturated heterocycles. The van der Waals surface area contributed by atoms with Crippen molar-refractivity contribution in [3.8, 4) is 0 Å². The van der Waals surface area contributed by atoms with E-state index >= 15 is 0 Å². The molecule has 0 aromatic carbocycles. The van der Waals surface area contributed by atoms with Crippen molar-refractivity contribution >= 4 is 6.09 Å². The van der Waals surface area contributed by atoms with Gasteiger partial charge >= 0.3 is 6.09 Å². The van der Waals surface area contributed by atoms with Crippen LogP contribution in [0, 0.1) is 0 Å². The minimum Gasteiger partial charge on any atom is -0.453 e. The third-order valence-corrected chi connectivity index (χ3v) is 1.39. The molecule has 4 heteroatoms. The van der Waals surface area contributed by atoms with Crippen molar-refractivity contribution in [1.29, 1.82) is 0 Å². The summed E-state index contributed by atoms with van der Waals surface area (Å²) in [6, 6.07) is 0. The number of carbonyl (C=O) groups is 1. The van der Waals surface area contributed by atoms with Crippen LogP contribution in [0.1, 0.15) is 12.8 Å². The van der Waals surface area contributed by atoms with Gasteiger partial charge in [-0.05, 0) is 12.8 Å². The first-order valence-electron chi connectivity index (χ1n) is 3.29. The number of amides is 1. The molecule has 0 aromatic rings. The lowest BCUT2D eigenvalue weighted by Crippen LogP contribution is -2.33. The van der Waals surface area contributed by atoms with Crippen molar-refractivity contribution in [2.45, 2.75) is 19.1 Å². The highest BCUT2D eigenvalue weighted by Gasteiger charge is 2.17. The number of carbonyl (C=O) groups excluding carboxylic acids is 1. The predicted molar refractivity (Wildman–Crippen MR) is 34.5 cm³/mol. The lowest BCUT2D eigenvalue weighted by molar-refractivity contribution is 0.0761. The van der Waals surface area contributed by atoms with Crippen molar-refractivity contribution < 1.29 is 14.3 Å². The van der Waals surface area contributed by atoms with Crippen LogP contribution in [0.2, 0.25) is 0 Å². The molecule has 1 amide bonds. The van der Waals surface area contributed by atoms with Crippen LogP contribution in [0.25, 0.3) is 0 Å². The van der Waals surface area contributed by atoms with Gasteiger partial charge in [-0.2, -0.15) is 0 Å². The standard InChI is InChI=1S/C6H11NO3/c1-9-6(8)7-5-3-2-4-10-5/h5H,2-4H2,1H3,(H,7,8). The average Bonchev–Trinajstić information content (AvgIpc) is 2.40. The average molecular weight is 145 g/mol. The number of hydrogen-bond donors (Lipinski definition) is 1. The Balaban J connectivity index is 2.17. The Bertz CT molecular complexity index is 120. The fraction of sp³-hybridized carbons (Fsp3) is 0.833. The number of alkyl carbamates (subject to hydrolysis) is 1. The summed E-state index contributed by atoms with van der Waals surface area (Å²) in [6.07, 6.45) is 1.34. The minimum atomic E-state index is -0.424. The van der Waals surface area contributed by atoms with E-state index in [-0.39, 0.29) is 6.23 Å². The van der Waals surface area contributed by atoms with E-state index in [1.165, 1.54) is 7.11 Å². The number of nitrogens with one attached hydrogen (secondary N) is 1. The number of rotatable bonds is 1. The van der Waals surface area contributed by atoms with Crippen LogP contribution in [0.15, 0.2) is 0 Å². The predicted octanol–water partition coefficient (Wildman–Crippen LogP) is 0.479. The molecule has 0 aliphatic carbocycles. The van der Waals surface area contributed by atoms with Crippen molar-refractivity contribution in [2.24, 2.45) is 0 Å². The Morgan fingerprint density at radius 2 is 2.60 bits per heavy atom. The topological polar surface area (TPSA) is 47.6 Å². The molecule has 1 atom stereocenters. The number of hydrogen-bond acceptors (Lipinski definition) is 3. The monoisotopic (exact) mass is 145 g/mol. The fourth-order valence-electron chi connectivity index (χ4n) is 0.882. The lowest BCUT2D eigenvalue weighted by Gasteiger charge is -2.09. The van der Waals surface area contributed by atoms with Crippen molar-refractivity contribution in [3.05, 3.63) is 0 Å². The van der Waals surface area contributed by atoms with Gasteiger partial charge in [-0.1, -0.05) is 0 Å². The summed E-state index contributed by atoms with van der Waals surface area (Å²) in [5, 5.41) is 2.55. The summed E-state index contributed by atoms with van der Waals surface area (Å²) in [5.41, 5.74) is 0. The summed E-state index contributed by atoms with van der Waals surface area (Å²) < 4.78 is 9.50. The van der Waals surface area contributed by atoms with E-state index in [0.717, 1.165) is 19.4 Å². The van der Waals surface area contributed by atoms with Gasteiger partial charge in [-0.25, -0.2) is 4.79 Å². The fourth-order valence-corrected chi connectivity index (χ4v) is 0.882. The number of methoxy groups -OCH3 is 1. The summed E-state index contributed by atoms with van der Waals surface area (Å²) in [5.74, 6) is 0. The summed E-state index contributed by atoms with van der Waals surface area (Å²) in [7, 11) is 1.34. The van der Waals surface area contributed by atoms with Gasteiger partial charge in [0.2, 0.25) is 0 Å². The second-order valence-corrected chi connectivity index (χ2v) is 2.14. The highest BCUT2D eigenvalue weighted by atomic mass is 16.6. The Labute approximate surface area is 59.5 Å². The summed E-state index contributed by atoms with van der Waals surface area (Å²) in [4.78, 5) is 10.6. The molecule has 0 bridgehead atoms. The van der Waals surface area contributed by atoms with E-state index in [1.807, 2.05) is 0 Å². The third-order valence-electron chi connectivity index (χ3n) is 1.39. The smallest absolute Gasteiger partial charge is 0.408 e. The van der Waals surface area contributed by atoms with Gasteiger partial charge in [0, 0.05) is 6.61 Å². The molecule has 1 fully saturated rings. The van der Waals surface area contributed by atoms with Crippen LogP contribution >= 0.6 is 0 Å². The number of ether oxygens (including phenoxy) is 2. The maximum absolute atomic E-state index is 10.6. The molecule has 1 unspecified atom stereocenters. The lowest BCUT2D eigenvalue weighted by atomic mass is 10.3. The molecule has 0 saturated carbocycles. The van der Waals surface area contributed by atoms with Crippen molar-refractivity contribution in [1.82, 2.24) is 5.32 Å². The van der Waals surface area contributed by atoms with Crippen LogP contribution in [0.3, 0.4) is 0 Å². The van der Waals surface area contributed by atoms with Gasteiger partial charge in [-0.3, -0.25) is 5.32 Å². The zero-order valence-electron chi connectivity index (χ0n) is 5.92. The third kappa shape index (κ3) is 1.88. The molecule has 0 aromatic heterocycles. The first-order chi connectivity index (χ1) is 4.83. The van der Waals surface area contributed by atoms with Crippen LogP contribution in [0.5, 0.6) is 0 Å². The second-order valence-electron chi connectivity index (χ2n) is 2.14. The molecule has 1 aliphatic rings. The first-order valence-corrected chi connectivity index (χ1v) is 3.29. The zero-order chi connectivity index (χ0) is 7.40. The Morgan fingerprint density at radius 1 is 1.80 bits per heavy atom. The normalized spacial score (nSPS) is 24.3. The van der Waals surface area contributed by atoms with E-state index in [4.69, 9.17) is 4.74 Å². The van der Waals surface area contributed by atoms with E-state index in [2.05, 4.69) is 10.1 Å². The molecular weight excluding hydrogens is 134 g/mol. The summed E-state index contributed by atoms with van der Waals surface area (Å²) >= 11 is 0. The molecule has 58 valence electrons. The second kappa shape index (κ2) is 3.41. The van der Waals surface area contributed by atoms with Crippen LogP contribution in [-0.4, -0.2) is 26.0 Å². The first kappa shape index (κ1) is 7.34. The molecule has 1 heterocycles. The molecule has 0 radical (unpaired) electrons. The van der Waals surface area contributed by atoms with E-state index in [9.17, 15) is 4.79 Å². The van der Waals surface area contributed by atoms with E-state index < -0.39 is 6.09 Å². The van der Waals surface area contributed by atoms with Crippen LogP contribution in [0.4, 0.5) is 4.79 Å². The zero-order valence-corrected chi connectivity index (χ0v) is 5.92. The van der Waals surface area contributed by atoms with E-state index in [0.29, 0.717) is 0 Å². The largest absolute Gasteiger partial charge is 0.453 e. The molecule has 4 nitrogen and oxygen atoms in total. The maximum atomic E-state index is 10.6. The Morgan fingerprint density at radius 3 is 3.10 bits per heavy atom. The Hall–Kier alpha value is -0.770. The van der Waals surface area contributed by atoms with Gasteiger partial charge in [0.1, 0.15) is 6.23 Å². The molecule has 0 spiro atoms. The maximum Gasteiger partial charge on any atom is 0.408 e. The highest BCUT2D eigenvalue weighted by molar-refractivity contribution is 5.67. The summed E-state index contributed by atoms with van der Waals surface area (Å²) in [6.45, 7) is 0.731. The van der Waals surface area contributed by atoms with Crippen LogP contribution in [-0.2, 0) is 9.47 Å². The molecule has 1 rings (SSSR count). The van der Waals surface area contributed by atoms with Crippen molar-refractivity contribution in [2.75, 3.05) is 13.7 Å². The van der Waals surface area contributed by atoms with E-state index in [1.54, 1.807) is 0 Å². The molecule has 10 heavy (non-hydrogen) atoms. The van der Waals surface area contributed by atoms with Crippen molar-refractivity contribution in [3.63, 3.8) is 0 Å². The quantitative estimate of drug-likeness (QED) is 0.583. The highest BCUT2D eigenvalue weighted by Crippen LogP contribution is 2.08. The Kier molecular flexibility index (Phi) is 2.50. The molecular formula is C6H11NO3. The van der Waals surface area contributed by atoms with Gasteiger partial charge in [0.05, 0.1) is 7.11 Å².